The molecule has 0 aliphatic rings. The van der Waals surface area contributed by atoms with E-state index in [2.05, 4.69) is 10.2 Å². The Hall–Kier alpha value is -2.67. The van der Waals surface area contributed by atoms with Crippen LogP contribution in [0.25, 0.3) is 5.69 Å². The molecule has 3 rings (SSSR count). The van der Waals surface area contributed by atoms with Crippen LogP contribution < -0.4 is 0 Å². The van der Waals surface area contributed by atoms with Gasteiger partial charge >= 0.3 is 0 Å². The van der Waals surface area contributed by atoms with Crippen LogP contribution in [0.3, 0.4) is 0 Å². The number of halogens is 1. The van der Waals surface area contributed by atoms with Gasteiger partial charge < -0.3 is 4.90 Å². The SMILES string of the molecule is CCN(Cc1cccc(F)c1)C(=O)CSc1nncn1-c1ccccc1C. The Morgan fingerprint density at radius 2 is 2.04 bits per heavy atom. The van der Waals surface area contributed by atoms with Gasteiger partial charge in [-0.05, 0) is 43.2 Å². The van der Waals surface area contributed by atoms with Crippen LogP contribution >= 0.6 is 11.8 Å². The van der Waals surface area contributed by atoms with E-state index in [1.165, 1.54) is 23.9 Å². The van der Waals surface area contributed by atoms with E-state index < -0.39 is 0 Å². The fourth-order valence-corrected chi connectivity index (χ4v) is 3.60. The molecular weight excluding hydrogens is 363 g/mol. The van der Waals surface area contributed by atoms with Gasteiger partial charge in [-0.25, -0.2) is 4.39 Å². The number of benzene rings is 2. The Bertz CT molecular complexity index is 928. The van der Waals surface area contributed by atoms with Crippen LogP contribution in [-0.2, 0) is 11.3 Å². The number of thioether (sulfide) groups is 1. The molecule has 0 aliphatic carbocycles. The molecule has 27 heavy (non-hydrogen) atoms. The maximum atomic E-state index is 13.4. The first-order chi connectivity index (χ1) is 13.1. The molecule has 0 fully saturated rings. The van der Waals surface area contributed by atoms with E-state index in [1.54, 1.807) is 17.3 Å². The Morgan fingerprint density at radius 1 is 1.22 bits per heavy atom. The summed E-state index contributed by atoms with van der Waals surface area (Å²) in [7, 11) is 0. The van der Waals surface area contributed by atoms with Crippen molar-refractivity contribution in [2.45, 2.75) is 25.5 Å². The van der Waals surface area contributed by atoms with Gasteiger partial charge in [0.2, 0.25) is 5.91 Å². The number of carbonyl (C=O) groups excluding carboxylic acids is 1. The molecule has 7 heteroatoms. The van der Waals surface area contributed by atoms with E-state index >= 15 is 0 Å². The summed E-state index contributed by atoms with van der Waals surface area (Å²) in [6, 6.07) is 14.3. The number of carbonyl (C=O) groups is 1. The van der Waals surface area contributed by atoms with E-state index in [0.29, 0.717) is 18.2 Å². The zero-order valence-electron chi connectivity index (χ0n) is 15.3. The molecule has 0 radical (unpaired) electrons. The van der Waals surface area contributed by atoms with Crippen molar-refractivity contribution in [2.24, 2.45) is 0 Å². The fourth-order valence-electron chi connectivity index (χ4n) is 2.77. The van der Waals surface area contributed by atoms with Crippen molar-refractivity contribution in [2.75, 3.05) is 12.3 Å². The van der Waals surface area contributed by atoms with Crippen LogP contribution in [0, 0.1) is 12.7 Å². The maximum Gasteiger partial charge on any atom is 0.233 e. The molecule has 0 bridgehead atoms. The van der Waals surface area contributed by atoms with Crippen molar-refractivity contribution in [3.8, 4) is 5.69 Å². The van der Waals surface area contributed by atoms with Gasteiger partial charge in [-0.1, -0.05) is 42.1 Å². The summed E-state index contributed by atoms with van der Waals surface area (Å²) in [5, 5.41) is 8.79. The third-order valence-corrected chi connectivity index (χ3v) is 5.14. The van der Waals surface area contributed by atoms with Gasteiger partial charge in [-0.2, -0.15) is 0 Å². The van der Waals surface area contributed by atoms with Crippen LogP contribution in [0.5, 0.6) is 0 Å². The quantitative estimate of drug-likeness (QED) is 0.581. The molecule has 5 nitrogen and oxygen atoms in total. The molecule has 1 heterocycles. The standard InChI is InChI=1S/C20H21FN4OS/c1-3-24(12-16-8-6-9-17(21)11-16)19(26)13-27-20-23-22-14-25(20)18-10-5-4-7-15(18)2/h4-11,14H,3,12-13H2,1-2H3. The van der Waals surface area contributed by atoms with E-state index in [4.69, 9.17) is 0 Å². The third kappa shape index (κ3) is 4.74. The monoisotopic (exact) mass is 384 g/mol. The summed E-state index contributed by atoms with van der Waals surface area (Å²) in [5.41, 5.74) is 2.87. The number of amides is 1. The zero-order valence-corrected chi connectivity index (χ0v) is 16.1. The highest BCUT2D eigenvalue weighted by Crippen LogP contribution is 2.22. The second-order valence-electron chi connectivity index (χ2n) is 6.10. The molecule has 3 aromatic rings. The van der Waals surface area contributed by atoms with Crippen molar-refractivity contribution in [3.05, 3.63) is 71.8 Å². The summed E-state index contributed by atoms with van der Waals surface area (Å²) >= 11 is 1.35. The largest absolute Gasteiger partial charge is 0.338 e. The summed E-state index contributed by atoms with van der Waals surface area (Å²) in [6.45, 7) is 4.88. The number of para-hydroxylation sites is 1. The molecule has 140 valence electrons. The summed E-state index contributed by atoms with van der Waals surface area (Å²) in [5.74, 6) is -0.0731. The van der Waals surface area contributed by atoms with Crippen molar-refractivity contribution in [1.29, 1.82) is 0 Å². The lowest BCUT2D eigenvalue weighted by molar-refractivity contribution is -0.128. The maximum absolute atomic E-state index is 13.4. The number of hydrogen-bond donors (Lipinski definition) is 0. The first-order valence-electron chi connectivity index (χ1n) is 8.69. The molecule has 0 atom stereocenters. The van der Waals surface area contributed by atoms with E-state index in [-0.39, 0.29) is 17.5 Å². The first kappa shape index (κ1) is 19.1. The smallest absolute Gasteiger partial charge is 0.233 e. The minimum absolute atomic E-state index is 0.0221. The lowest BCUT2D eigenvalue weighted by Crippen LogP contribution is -2.31. The highest BCUT2D eigenvalue weighted by molar-refractivity contribution is 7.99. The van der Waals surface area contributed by atoms with E-state index in [1.807, 2.05) is 48.7 Å². The number of aromatic nitrogens is 3. The topological polar surface area (TPSA) is 51.0 Å². The number of hydrogen-bond acceptors (Lipinski definition) is 4. The Balaban J connectivity index is 1.67. The summed E-state index contributed by atoms with van der Waals surface area (Å²) in [4.78, 5) is 14.3. The Morgan fingerprint density at radius 3 is 2.78 bits per heavy atom. The lowest BCUT2D eigenvalue weighted by Gasteiger charge is -2.21. The molecular formula is C20H21FN4OS. The summed E-state index contributed by atoms with van der Waals surface area (Å²) < 4.78 is 15.3. The summed E-state index contributed by atoms with van der Waals surface area (Å²) in [6.07, 6.45) is 1.65. The van der Waals surface area contributed by atoms with Crippen LogP contribution in [0.4, 0.5) is 4.39 Å². The molecule has 0 spiro atoms. The Labute approximate surface area is 162 Å². The van der Waals surface area contributed by atoms with Gasteiger partial charge in [0.05, 0.1) is 11.4 Å². The number of rotatable bonds is 7. The molecule has 0 unspecified atom stereocenters. The molecule has 0 saturated heterocycles. The predicted molar refractivity (Wildman–Crippen MR) is 104 cm³/mol. The minimum atomic E-state index is -0.295. The van der Waals surface area contributed by atoms with Crippen LogP contribution in [-0.4, -0.2) is 37.9 Å². The highest BCUT2D eigenvalue weighted by Gasteiger charge is 2.16. The predicted octanol–water partition coefficient (Wildman–Crippen LogP) is 3.86. The highest BCUT2D eigenvalue weighted by atomic mass is 32.2. The van der Waals surface area contributed by atoms with Gasteiger partial charge in [-0.15, -0.1) is 10.2 Å². The third-order valence-electron chi connectivity index (χ3n) is 4.21. The van der Waals surface area contributed by atoms with Gasteiger partial charge in [0.25, 0.3) is 0 Å². The van der Waals surface area contributed by atoms with Gasteiger partial charge in [0.15, 0.2) is 5.16 Å². The second kappa shape index (κ2) is 8.81. The van der Waals surface area contributed by atoms with Crippen LogP contribution in [0.2, 0.25) is 0 Å². The van der Waals surface area contributed by atoms with Crippen LogP contribution in [0.1, 0.15) is 18.1 Å². The van der Waals surface area contributed by atoms with Crippen molar-refractivity contribution in [1.82, 2.24) is 19.7 Å². The van der Waals surface area contributed by atoms with Crippen molar-refractivity contribution >= 4 is 17.7 Å². The second-order valence-corrected chi connectivity index (χ2v) is 7.04. The van der Waals surface area contributed by atoms with Gasteiger partial charge in [0.1, 0.15) is 12.1 Å². The number of aryl methyl sites for hydroxylation is 1. The van der Waals surface area contributed by atoms with Crippen molar-refractivity contribution < 1.29 is 9.18 Å². The average Bonchev–Trinajstić information content (AvgIpc) is 3.13. The molecule has 1 aromatic heterocycles. The molecule has 0 saturated carbocycles. The lowest BCUT2D eigenvalue weighted by atomic mass is 10.2. The van der Waals surface area contributed by atoms with Crippen LogP contribution in [0.15, 0.2) is 60.0 Å². The van der Waals surface area contributed by atoms with Gasteiger partial charge in [0, 0.05) is 13.1 Å². The van der Waals surface area contributed by atoms with E-state index in [0.717, 1.165) is 16.8 Å². The van der Waals surface area contributed by atoms with Crippen molar-refractivity contribution in [3.63, 3.8) is 0 Å². The van der Waals surface area contributed by atoms with Gasteiger partial charge in [-0.3, -0.25) is 9.36 Å². The Kier molecular flexibility index (Phi) is 6.24. The zero-order chi connectivity index (χ0) is 19.2. The molecule has 2 aromatic carbocycles. The molecule has 0 N–H and O–H groups in total. The fraction of sp³-hybridized carbons (Fsp3) is 0.250. The molecule has 0 aliphatic heterocycles. The average molecular weight is 384 g/mol. The van der Waals surface area contributed by atoms with E-state index in [9.17, 15) is 9.18 Å². The minimum Gasteiger partial charge on any atom is -0.338 e. The number of nitrogens with zero attached hydrogens (tertiary/aromatic N) is 4. The normalized spacial score (nSPS) is 10.8. The molecule has 1 amide bonds. The first-order valence-corrected chi connectivity index (χ1v) is 9.68.